The van der Waals surface area contributed by atoms with E-state index in [0.29, 0.717) is 16.5 Å². The molecule has 0 bridgehead atoms. The Hall–Kier alpha value is -1.58. The van der Waals surface area contributed by atoms with Crippen LogP contribution in [0.3, 0.4) is 0 Å². The van der Waals surface area contributed by atoms with Crippen molar-refractivity contribution in [2.24, 2.45) is 0 Å². The molecule has 0 aliphatic rings. The van der Waals surface area contributed by atoms with Gasteiger partial charge in [-0.1, -0.05) is 29.3 Å². The van der Waals surface area contributed by atoms with Crippen molar-refractivity contribution in [2.75, 3.05) is 0 Å². The van der Waals surface area contributed by atoms with Crippen LogP contribution < -0.4 is 0 Å². The minimum atomic E-state index is 0.612. The van der Waals surface area contributed by atoms with Crippen LogP contribution in [-0.2, 0) is 6.42 Å². The highest BCUT2D eigenvalue weighted by Gasteiger charge is 2.09. The number of aromatic nitrogens is 3. The fraction of sp³-hybridized carbons (Fsp3) is 0.143. The standard InChI is InChI=1S/C14H11Cl2N3/c1-9-7-10(18-14-5-6-17-19(9)14)8-11-12(15)3-2-4-13(11)16/h2-7H,8H2,1H3. The Morgan fingerprint density at radius 3 is 2.63 bits per heavy atom. The summed E-state index contributed by atoms with van der Waals surface area (Å²) in [5, 5.41) is 5.54. The van der Waals surface area contributed by atoms with Crippen LogP contribution >= 0.6 is 23.2 Å². The molecule has 0 unspecified atom stereocenters. The van der Waals surface area contributed by atoms with E-state index in [1.54, 1.807) is 10.7 Å². The summed E-state index contributed by atoms with van der Waals surface area (Å²) in [6.07, 6.45) is 2.35. The lowest BCUT2D eigenvalue weighted by Crippen LogP contribution is -2.01. The lowest BCUT2D eigenvalue weighted by molar-refractivity contribution is 0.877. The van der Waals surface area contributed by atoms with Gasteiger partial charge in [-0.2, -0.15) is 5.10 Å². The highest BCUT2D eigenvalue weighted by atomic mass is 35.5. The van der Waals surface area contributed by atoms with E-state index in [0.717, 1.165) is 22.6 Å². The summed E-state index contributed by atoms with van der Waals surface area (Å²) >= 11 is 12.4. The lowest BCUT2D eigenvalue weighted by atomic mass is 10.1. The minimum Gasteiger partial charge on any atom is -0.233 e. The van der Waals surface area contributed by atoms with Crippen molar-refractivity contribution in [3.8, 4) is 0 Å². The Labute approximate surface area is 120 Å². The quantitative estimate of drug-likeness (QED) is 0.716. The number of halogens is 2. The maximum Gasteiger partial charge on any atom is 0.155 e. The average molecular weight is 292 g/mol. The van der Waals surface area contributed by atoms with E-state index in [1.165, 1.54) is 0 Å². The largest absolute Gasteiger partial charge is 0.233 e. The van der Waals surface area contributed by atoms with Crippen LogP contribution in [0.15, 0.2) is 36.5 Å². The van der Waals surface area contributed by atoms with Gasteiger partial charge in [-0.15, -0.1) is 0 Å². The van der Waals surface area contributed by atoms with Crippen molar-refractivity contribution in [2.45, 2.75) is 13.3 Å². The summed E-state index contributed by atoms with van der Waals surface area (Å²) in [4.78, 5) is 4.56. The number of benzene rings is 1. The number of hydrogen-bond acceptors (Lipinski definition) is 2. The molecule has 0 fully saturated rings. The number of aryl methyl sites for hydroxylation is 1. The molecule has 96 valence electrons. The topological polar surface area (TPSA) is 30.2 Å². The highest BCUT2D eigenvalue weighted by Crippen LogP contribution is 2.26. The predicted octanol–water partition coefficient (Wildman–Crippen LogP) is 3.94. The summed E-state index contributed by atoms with van der Waals surface area (Å²) in [5.41, 5.74) is 3.70. The first-order valence-electron chi connectivity index (χ1n) is 5.88. The van der Waals surface area contributed by atoms with E-state index in [9.17, 15) is 0 Å². The molecule has 0 aliphatic carbocycles. The Kier molecular flexibility index (Phi) is 3.17. The molecule has 0 saturated heterocycles. The number of nitrogens with zero attached hydrogens (tertiary/aromatic N) is 3. The Bertz CT molecular complexity index is 729. The number of fused-ring (bicyclic) bond motifs is 1. The summed E-state index contributed by atoms with van der Waals surface area (Å²) in [7, 11) is 0. The second kappa shape index (κ2) is 4.83. The molecule has 0 N–H and O–H groups in total. The third kappa shape index (κ3) is 2.31. The van der Waals surface area contributed by atoms with E-state index in [1.807, 2.05) is 37.3 Å². The van der Waals surface area contributed by atoms with Crippen LogP contribution in [0.1, 0.15) is 17.0 Å². The Morgan fingerprint density at radius 2 is 1.89 bits per heavy atom. The molecule has 0 aliphatic heterocycles. The molecule has 3 aromatic rings. The third-order valence-electron chi connectivity index (χ3n) is 3.01. The Morgan fingerprint density at radius 1 is 1.16 bits per heavy atom. The zero-order valence-corrected chi connectivity index (χ0v) is 11.8. The summed E-state index contributed by atoms with van der Waals surface area (Å²) < 4.78 is 1.80. The summed E-state index contributed by atoms with van der Waals surface area (Å²) in [6, 6.07) is 9.40. The van der Waals surface area contributed by atoms with Gasteiger partial charge < -0.3 is 0 Å². The first-order chi connectivity index (χ1) is 9.15. The molecule has 5 heteroatoms. The van der Waals surface area contributed by atoms with Gasteiger partial charge in [-0.05, 0) is 30.7 Å². The molecule has 1 aromatic carbocycles. The maximum atomic E-state index is 6.19. The van der Waals surface area contributed by atoms with Crippen molar-refractivity contribution in [3.63, 3.8) is 0 Å². The van der Waals surface area contributed by atoms with Gasteiger partial charge in [-0.25, -0.2) is 9.50 Å². The second-order valence-electron chi connectivity index (χ2n) is 4.37. The van der Waals surface area contributed by atoms with E-state index in [2.05, 4.69) is 10.1 Å². The third-order valence-corrected chi connectivity index (χ3v) is 3.72. The summed E-state index contributed by atoms with van der Waals surface area (Å²) in [6.45, 7) is 2.00. The molecule has 2 heterocycles. The lowest BCUT2D eigenvalue weighted by Gasteiger charge is -2.08. The van der Waals surface area contributed by atoms with E-state index in [4.69, 9.17) is 23.2 Å². The van der Waals surface area contributed by atoms with Gasteiger partial charge in [0, 0.05) is 33.9 Å². The smallest absolute Gasteiger partial charge is 0.155 e. The number of hydrogen-bond donors (Lipinski definition) is 0. The van der Waals surface area contributed by atoms with Crippen molar-refractivity contribution in [1.29, 1.82) is 0 Å². The molecule has 0 spiro atoms. The first-order valence-corrected chi connectivity index (χ1v) is 6.64. The molecular weight excluding hydrogens is 281 g/mol. The van der Waals surface area contributed by atoms with Crippen molar-refractivity contribution in [1.82, 2.24) is 14.6 Å². The molecular formula is C14H11Cl2N3. The van der Waals surface area contributed by atoms with Crippen molar-refractivity contribution < 1.29 is 0 Å². The predicted molar refractivity (Wildman–Crippen MR) is 77.0 cm³/mol. The molecule has 19 heavy (non-hydrogen) atoms. The van der Waals surface area contributed by atoms with E-state index < -0.39 is 0 Å². The van der Waals surface area contributed by atoms with Crippen molar-refractivity contribution >= 4 is 28.8 Å². The molecule has 3 nitrogen and oxygen atoms in total. The van der Waals surface area contributed by atoms with Crippen LogP contribution in [0.5, 0.6) is 0 Å². The maximum absolute atomic E-state index is 6.19. The van der Waals surface area contributed by atoms with Gasteiger partial charge in [0.15, 0.2) is 5.65 Å². The van der Waals surface area contributed by atoms with Gasteiger partial charge in [0.25, 0.3) is 0 Å². The fourth-order valence-electron chi connectivity index (χ4n) is 2.11. The van der Waals surface area contributed by atoms with Gasteiger partial charge >= 0.3 is 0 Å². The van der Waals surface area contributed by atoms with Crippen LogP contribution in [-0.4, -0.2) is 14.6 Å². The van der Waals surface area contributed by atoms with Gasteiger partial charge in [0.1, 0.15) is 0 Å². The summed E-state index contributed by atoms with van der Waals surface area (Å²) in [5.74, 6) is 0. The highest BCUT2D eigenvalue weighted by molar-refractivity contribution is 6.36. The average Bonchev–Trinajstić information content (AvgIpc) is 2.83. The molecule has 0 saturated carbocycles. The van der Waals surface area contributed by atoms with E-state index >= 15 is 0 Å². The monoisotopic (exact) mass is 291 g/mol. The SMILES string of the molecule is Cc1cc(Cc2c(Cl)cccc2Cl)nc2ccnn12. The fourth-order valence-corrected chi connectivity index (χ4v) is 2.64. The van der Waals surface area contributed by atoms with Crippen molar-refractivity contribution in [3.05, 3.63) is 63.5 Å². The van der Waals surface area contributed by atoms with Crippen LogP contribution in [0.4, 0.5) is 0 Å². The molecule has 0 radical (unpaired) electrons. The first kappa shape index (κ1) is 12.5. The zero-order chi connectivity index (χ0) is 13.4. The van der Waals surface area contributed by atoms with Crippen LogP contribution in [0.25, 0.3) is 5.65 Å². The van der Waals surface area contributed by atoms with Gasteiger partial charge in [0.05, 0.1) is 6.20 Å². The minimum absolute atomic E-state index is 0.612. The van der Waals surface area contributed by atoms with Crippen LogP contribution in [0.2, 0.25) is 10.0 Å². The molecule has 2 aromatic heterocycles. The normalized spacial score (nSPS) is 11.1. The van der Waals surface area contributed by atoms with Crippen LogP contribution in [0, 0.1) is 6.92 Å². The zero-order valence-electron chi connectivity index (χ0n) is 10.3. The number of rotatable bonds is 2. The second-order valence-corrected chi connectivity index (χ2v) is 5.18. The Balaban J connectivity index is 2.06. The molecule has 0 atom stereocenters. The van der Waals surface area contributed by atoms with Gasteiger partial charge in [0.2, 0.25) is 0 Å². The van der Waals surface area contributed by atoms with Gasteiger partial charge in [-0.3, -0.25) is 0 Å². The van der Waals surface area contributed by atoms with E-state index in [-0.39, 0.29) is 0 Å². The molecule has 3 rings (SSSR count). The molecule has 0 amide bonds.